The summed E-state index contributed by atoms with van der Waals surface area (Å²) in [6.45, 7) is 11.4. The SMILES string of the molecule is CC(C)N1CCCC1c1cccnc1N(C(=O)OC(C)(C)C)C1CCCC1. The second kappa shape index (κ2) is 8.17. The summed E-state index contributed by atoms with van der Waals surface area (Å²) in [5, 5.41) is 0. The number of carbonyl (C=O) groups is 1. The molecule has 1 aromatic heterocycles. The number of pyridine rings is 1. The molecule has 1 saturated carbocycles. The largest absolute Gasteiger partial charge is 0.443 e. The maximum absolute atomic E-state index is 13.2. The number of anilines is 1. The maximum atomic E-state index is 13.2. The fraction of sp³-hybridized carbons (Fsp3) is 0.727. The number of nitrogens with zero attached hydrogens (tertiary/aromatic N) is 3. The average Bonchev–Trinajstić information content (AvgIpc) is 3.25. The quantitative estimate of drug-likeness (QED) is 0.717. The summed E-state index contributed by atoms with van der Waals surface area (Å²) in [7, 11) is 0. The summed E-state index contributed by atoms with van der Waals surface area (Å²) in [6, 6.07) is 5.13. The minimum Gasteiger partial charge on any atom is -0.443 e. The molecule has 1 amide bonds. The maximum Gasteiger partial charge on any atom is 0.416 e. The number of amides is 1. The van der Waals surface area contributed by atoms with E-state index in [2.05, 4.69) is 24.8 Å². The zero-order valence-corrected chi connectivity index (χ0v) is 17.6. The van der Waals surface area contributed by atoms with Crippen LogP contribution in [0.1, 0.15) is 84.7 Å². The molecule has 0 N–H and O–H groups in total. The van der Waals surface area contributed by atoms with Gasteiger partial charge in [0.25, 0.3) is 0 Å². The van der Waals surface area contributed by atoms with Crippen LogP contribution in [0.3, 0.4) is 0 Å². The number of ether oxygens (including phenoxy) is 1. The molecular weight excluding hydrogens is 338 g/mol. The van der Waals surface area contributed by atoms with Crippen LogP contribution in [0.2, 0.25) is 0 Å². The van der Waals surface area contributed by atoms with E-state index in [0.717, 1.165) is 44.5 Å². The predicted octanol–water partition coefficient (Wildman–Crippen LogP) is 5.31. The fourth-order valence-electron chi connectivity index (χ4n) is 4.49. The van der Waals surface area contributed by atoms with Crippen molar-refractivity contribution in [3.05, 3.63) is 23.9 Å². The molecule has 3 rings (SSSR count). The Morgan fingerprint density at radius 2 is 1.93 bits per heavy atom. The van der Waals surface area contributed by atoms with Crippen LogP contribution in [0.5, 0.6) is 0 Å². The molecule has 1 aliphatic carbocycles. The first-order valence-electron chi connectivity index (χ1n) is 10.5. The van der Waals surface area contributed by atoms with E-state index in [1.165, 1.54) is 12.0 Å². The molecule has 5 nitrogen and oxygen atoms in total. The lowest BCUT2D eigenvalue weighted by Gasteiger charge is -2.35. The topological polar surface area (TPSA) is 45.7 Å². The van der Waals surface area contributed by atoms with Crippen molar-refractivity contribution < 1.29 is 9.53 Å². The van der Waals surface area contributed by atoms with Gasteiger partial charge in [0.2, 0.25) is 0 Å². The minimum atomic E-state index is -0.514. The van der Waals surface area contributed by atoms with Crippen molar-refractivity contribution in [2.75, 3.05) is 11.4 Å². The monoisotopic (exact) mass is 373 g/mol. The first kappa shape index (κ1) is 20.1. The van der Waals surface area contributed by atoms with E-state index >= 15 is 0 Å². The van der Waals surface area contributed by atoms with E-state index in [4.69, 9.17) is 9.72 Å². The fourth-order valence-corrected chi connectivity index (χ4v) is 4.49. The molecule has 1 aromatic rings. The van der Waals surface area contributed by atoms with Crippen molar-refractivity contribution in [1.82, 2.24) is 9.88 Å². The van der Waals surface area contributed by atoms with Gasteiger partial charge in [-0.3, -0.25) is 9.80 Å². The Labute approximate surface area is 164 Å². The lowest BCUT2D eigenvalue weighted by atomic mass is 10.0. The van der Waals surface area contributed by atoms with Gasteiger partial charge < -0.3 is 4.74 Å². The van der Waals surface area contributed by atoms with Gasteiger partial charge >= 0.3 is 6.09 Å². The molecule has 1 atom stereocenters. The summed E-state index contributed by atoms with van der Waals surface area (Å²) in [5.74, 6) is 0.802. The second-order valence-electron chi connectivity index (χ2n) is 9.19. The number of carbonyl (C=O) groups excluding carboxylic acids is 1. The van der Waals surface area contributed by atoms with Crippen LogP contribution in [-0.2, 0) is 4.74 Å². The van der Waals surface area contributed by atoms with Gasteiger partial charge in [0.15, 0.2) is 0 Å². The molecule has 1 saturated heterocycles. The predicted molar refractivity (Wildman–Crippen MR) is 109 cm³/mol. The molecule has 2 aliphatic rings. The molecule has 150 valence electrons. The smallest absolute Gasteiger partial charge is 0.416 e. The van der Waals surface area contributed by atoms with Gasteiger partial charge in [-0.2, -0.15) is 0 Å². The molecule has 5 heteroatoms. The Kier molecular flexibility index (Phi) is 6.09. The third-order valence-electron chi connectivity index (χ3n) is 5.64. The standard InChI is InChI=1S/C22H35N3O2/c1-16(2)24-15-9-13-19(24)18-12-8-14-23-20(18)25(17-10-6-7-11-17)21(26)27-22(3,4)5/h8,12,14,16-17,19H,6-7,9-11,13,15H2,1-5H3. The molecular formula is C22H35N3O2. The number of aromatic nitrogens is 1. The van der Waals surface area contributed by atoms with E-state index in [1.54, 1.807) is 6.20 Å². The molecule has 2 heterocycles. The van der Waals surface area contributed by atoms with Crippen LogP contribution in [-0.4, -0.2) is 40.2 Å². The van der Waals surface area contributed by atoms with Crippen molar-refractivity contribution in [3.8, 4) is 0 Å². The molecule has 1 aliphatic heterocycles. The van der Waals surface area contributed by atoms with E-state index in [1.807, 2.05) is 31.7 Å². The van der Waals surface area contributed by atoms with Crippen molar-refractivity contribution in [2.24, 2.45) is 0 Å². The van der Waals surface area contributed by atoms with E-state index in [0.29, 0.717) is 12.1 Å². The number of likely N-dealkylation sites (tertiary alicyclic amines) is 1. The molecule has 0 radical (unpaired) electrons. The second-order valence-corrected chi connectivity index (χ2v) is 9.19. The highest BCUT2D eigenvalue weighted by Gasteiger charge is 2.37. The van der Waals surface area contributed by atoms with Crippen LogP contribution < -0.4 is 4.90 Å². The molecule has 0 spiro atoms. The summed E-state index contributed by atoms with van der Waals surface area (Å²) in [4.78, 5) is 22.3. The highest BCUT2D eigenvalue weighted by atomic mass is 16.6. The van der Waals surface area contributed by atoms with E-state index < -0.39 is 5.60 Å². The van der Waals surface area contributed by atoms with Gasteiger partial charge in [0.05, 0.1) is 0 Å². The molecule has 0 aromatic carbocycles. The zero-order chi connectivity index (χ0) is 19.6. The average molecular weight is 374 g/mol. The number of hydrogen-bond donors (Lipinski definition) is 0. The van der Waals surface area contributed by atoms with Gasteiger partial charge in [-0.15, -0.1) is 0 Å². The van der Waals surface area contributed by atoms with Crippen LogP contribution in [0.4, 0.5) is 10.6 Å². The highest BCUT2D eigenvalue weighted by Crippen LogP contribution is 2.39. The van der Waals surface area contributed by atoms with Crippen LogP contribution >= 0.6 is 0 Å². The lowest BCUT2D eigenvalue weighted by molar-refractivity contribution is 0.0563. The summed E-state index contributed by atoms with van der Waals surface area (Å²) >= 11 is 0. The Bertz CT molecular complexity index is 647. The highest BCUT2D eigenvalue weighted by molar-refractivity contribution is 5.88. The van der Waals surface area contributed by atoms with Crippen LogP contribution in [0, 0.1) is 0 Å². The third kappa shape index (κ3) is 4.63. The van der Waals surface area contributed by atoms with Gasteiger partial charge in [-0.05, 0) is 72.9 Å². The Morgan fingerprint density at radius 3 is 2.56 bits per heavy atom. The molecule has 1 unspecified atom stereocenters. The third-order valence-corrected chi connectivity index (χ3v) is 5.64. The molecule has 2 fully saturated rings. The van der Waals surface area contributed by atoms with E-state index in [-0.39, 0.29) is 12.1 Å². The lowest BCUT2D eigenvalue weighted by Crippen LogP contribution is -2.44. The zero-order valence-electron chi connectivity index (χ0n) is 17.6. The minimum absolute atomic E-state index is 0.183. The molecule has 27 heavy (non-hydrogen) atoms. The van der Waals surface area contributed by atoms with Crippen LogP contribution in [0.25, 0.3) is 0 Å². The number of rotatable bonds is 4. The Balaban J connectivity index is 1.98. The number of hydrogen-bond acceptors (Lipinski definition) is 4. The van der Waals surface area contributed by atoms with Gasteiger partial charge in [0.1, 0.15) is 11.4 Å². The normalized spacial score (nSPS) is 21.8. The summed E-state index contributed by atoms with van der Waals surface area (Å²) in [6.07, 6.45) is 8.21. The van der Waals surface area contributed by atoms with Crippen molar-refractivity contribution in [1.29, 1.82) is 0 Å². The van der Waals surface area contributed by atoms with Gasteiger partial charge in [-0.25, -0.2) is 9.78 Å². The van der Waals surface area contributed by atoms with Crippen molar-refractivity contribution in [2.45, 2.75) is 96.9 Å². The van der Waals surface area contributed by atoms with Gasteiger partial charge in [0, 0.05) is 29.9 Å². The molecule has 0 bridgehead atoms. The summed E-state index contributed by atoms with van der Waals surface area (Å²) in [5.41, 5.74) is 0.654. The van der Waals surface area contributed by atoms with Gasteiger partial charge in [-0.1, -0.05) is 18.9 Å². The van der Waals surface area contributed by atoms with Crippen molar-refractivity contribution >= 4 is 11.9 Å². The first-order valence-corrected chi connectivity index (χ1v) is 10.5. The Morgan fingerprint density at radius 1 is 1.22 bits per heavy atom. The van der Waals surface area contributed by atoms with E-state index in [9.17, 15) is 4.79 Å². The summed E-state index contributed by atoms with van der Waals surface area (Å²) < 4.78 is 5.79. The van der Waals surface area contributed by atoms with Crippen LogP contribution in [0.15, 0.2) is 18.3 Å². The Hall–Kier alpha value is -1.62. The first-order chi connectivity index (χ1) is 12.8. The van der Waals surface area contributed by atoms with Crippen molar-refractivity contribution in [3.63, 3.8) is 0 Å².